The molecule has 116 valence electrons. The van der Waals surface area contributed by atoms with Crippen molar-refractivity contribution in [1.82, 2.24) is 5.32 Å². The van der Waals surface area contributed by atoms with Crippen LogP contribution in [0, 0.1) is 0 Å². The highest BCUT2D eigenvalue weighted by molar-refractivity contribution is 5.94. The summed E-state index contributed by atoms with van der Waals surface area (Å²) in [6.07, 6.45) is 0.986. The minimum atomic E-state index is -0.103. The average molecular weight is 299 g/mol. The first-order chi connectivity index (χ1) is 10.7. The predicted molar refractivity (Wildman–Crippen MR) is 86.4 cm³/mol. The number of benzene rings is 2. The summed E-state index contributed by atoms with van der Waals surface area (Å²) < 4.78 is 10.6. The second-order valence-corrected chi connectivity index (χ2v) is 4.90. The standard InChI is InChI=1S/C18H21NO3/c1-3-12-22-17-8-4-14(5-9-17)13-19-18(20)15-6-10-16(21-2)11-7-15/h4-11H,3,12-13H2,1-2H3,(H,19,20). The molecule has 2 aromatic rings. The van der Waals surface area contributed by atoms with E-state index in [0.29, 0.717) is 18.7 Å². The molecule has 4 heteroatoms. The summed E-state index contributed by atoms with van der Waals surface area (Å²) in [6.45, 7) is 3.27. The molecular formula is C18H21NO3. The van der Waals surface area contributed by atoms with E-state index in [2.05, 4.69) is 12.2 Å². The van der Waals surface area contributed by atoms with Crippen LogP contribution in [0.5, 0.6) is 11.5 Å². The Bertz CT molecular complexity index is 591. The minimum Gasteiger partial charge on any atom is -0.497 e. The molecule has 0 spiro atoms. The number of hydrogen-bond acceptors (Lipinski definition) is 3. The number of carbonyl (C=O) groups excluding carboxylic acids is 1. The van der Waals surface area contributed by atoms with E-state index in [1.54, 1.807) is 31.4 Å². The Morgan fingerprint density at radius 3 is 2.23 bits per heavy atom. The zero-order valence-electron chi connectivity index (χ0n) is 13.0. The molecule has 22 heavy (non-hydrogen) atoms. The minimum absolute atomic E-state index is 0.103. The molecule has 1 amide bonds. The number of ether oxygens (including phenoxy) is 2. The van der Waals surface area contributed by atoms with E-state index >= 15 is 0 Å². The number of amides is 1. The van der Waals surface area contributed by atoms with Gasteiger partial charge in [-0.2, -0.15) is 0 Å². The molecule has 0 heterocycles. The van der Waals surface area contributed by atoms with Crippen LogP contribution in [0.15, 0.2) is 48.5 Å². The summed E-state index contributed by atoms with van der Waals surface area (Å²) >= 11 is 0. The smallest absolute Gasteiger partial charge is 0.251 e. The fourth-order valence-electron chi connectivity index (χ4n) is 1.95. The van der Waals surface area contributed by atoms with Crippen LogP contribution in [-0.2, 0) is 6.54 Å². The molecule has 0 bridgehead atoms. The Morgan fingerprint density at radius 2 is 1.64 bits per heavy atom. The van der Waals surface area contributed by atoms with Crippen molar-refractivity contribution in [3.63, 3.8) is 0 Å². The normalized spacial score (nSPS) is 10.1. The van der Waals surface area contributed by atoms with Gasteiger partial charge >= 0.3 is 0 Å². The third kappa shape index (κ3) is 4.52. The van der Waals surface area contributed by atoms with Crippen LogP contribution in [0.2, 0.25) is 0 Å². The van der Waals surface area contributed by atoms with Gasteiger partial charge in [-0.1, -0.05) is 19.1 Å². The number of carbonyl (C=O) groups is 1. The van der Waals surface area contributed by atoms with E-state index in [1.807, 2.05) is 24.3 Å². The highest BCUT2D eigenvalue weighted by atomic mass is 16.5. The monoisotopic (exact) mass is 299 g/mol. The van der Waals surface area contributed by atoms with Crippen molar-refractivity contribution < 1.29 is 14.3 Å². The molecule has 0 saturated carbocycles. The first-order valence-electron chi connectivity index (χ1n) is 7.37. The zero-order chi connectivity index (χ0) is 15.8. The summed E-state index contributed by atoms with van der Waals surface area (Å²) in [5, 5.41) is 2.89. The van der Waals surface area contributed by atoms with Crippen LogP contribution in [-0.4, -0.2) is 19.6 Å². The molecule has 0 unspecified atom stereocenters. The van der Waals surface area contributed by atoms with Crippen LogP contribution < -0.4 is 14.8 Å². The van der Waals surface area contributed by atoms with E-state index in [0.717, 1.165) is 23.5 Å². The van der Waals surface area contributed by atoms with E-state index in [4.69, 9.17) is 9.47 Å². The van der Waals surface area contributed by atoms with E-state index < -0.39 is 0 Å². The molecular weight excluding hydrogens is 278 g/mol. The Labute approximate surface area is 131 Å². The maximum Gasteiger partial charge on any atom is 0.251 e. The Kier molecular flexibility index (Phi) is 5.83. The van der Waals surface area contributed by atoms with Crippen molar-refractivity contribution >= 4 is 5.91 Å². The van der Waals surface area contributed by atoms with Crippen LogP contribution in [0.3, 0.4) is 0 Å². The molecule has 4 nitrogen and oxygen atoms in total. The number of hydrogen-bond donors (Lipinski definition) is 1. The van der Waals surface area contributed by atoms with Gasteiger partial charge in [0.15, 0.2) is 0 Å². The molecule has 0 saturated heterocycles. The molecule has 0 fully saturated rings. The van der Waals surface area contributed by atoms with E-state index in [9.17, 15) is 4.79 Å². The first-order valence-corrected chi connectivity index (χ1v) is 7.37. The molecule has 0 aromatic heterocycles. The van der Waals surface area contributed by atoms with Crippen molar-refractivity contribution in [2.24, 2.45) is 0 Å². The van der Waals surface area contributed by atoms with Gasteiger partial charge in [0, 0.05) is 12.1 Å². The van der Waals surface area contributed by atoms with Crippen molar-refractivity contribution in [2.45, 2.75) is 19.9 Å². The first kappa shape index (κ1) is 15.9. The lowest BCUT2D eigenvalue weighted by molar-refractivity contribution is 0.0951. The summed E-state index contributed by atoms with van der Waals surface area (Å²) in [6, 6.07) is 14.8. The quantitative estimate of drug-likeness (QED) is 0.852. The van der Waals surface area contributed by atoms with Gasteiger partial charge in [-0.3, -0.25) is 4.79 Å². The van der Waals surface area contributed by atoms with Gasteiger partial charge in [-0.25, -0.2) is 0 Å². The Balaban J connectivity index is 1.87. The van der Waals surface area contributed by atoms with Gasteiger partial charge in [0.05, 0.1) is 13.7 Å². The zero-order valence-corrected chi connectivity index (χ0v) is 13.0. The number of methoxy groups -OCH3 is 1. The Hall–Kier alpha value is -2.49. The van der Waals surface area contributed by atoms with Crippen molar-refractivity contribution in [3.8, 4) is 11.5 Å². The van der Waals surface area contributed by atoms with Crippen LogP contribution in [0.25, 0.3) is 0 Å². The second-order valence-electron chi connectivity index (χ2n) is 4.90. The lowest BCUT2D eigenvalue weighted by atomic mass is 10.2. The molecule has 0 radical (unpaired) electrons. The molecule has 0 aliphatic heterocycles. The third-order valence-electron chi connectivity index (χ3n) is 3.20. The second kappa shape index (κ2) is 8.08. The van der Waals surface area contributed by atoms with Crippen molar-refractivity contribution in [1.29, 1.82) is 0 Å². The van der Waals surface area contributed by atoms with Gasteiger partial charge < -0.3 is 14.8 Å². The van der Waals surface area contributed by atoms with E-state index in [1.165, 1.54) is 0 Å². The fourth-order valence-corrected chi connectivity index (χ4v) is 1.95. The number of rotatable bonds is 7. The summed E-state index contributed by atoms with van der Waals surface area (Å²) in [5.41, 5.74) is 1.65. The highest BCUT2D eigenvalue weighted by Crippen LogP contribution is 2.13. The summed E-state index contributed by atoms with van der Waals surface area (Å²) in [4.78, 5) is 12.0. The van der Waals surface area contributed by atoms with Gasteiger partial charge in [-0.05, 0) is 48.4 Å². The lowest BCUT2D eigenvalue weighted by Crippen LogP contribution is -2.22. The summed E-state index contributed by atoms with van der Waals surface area (Å²) in [7, 11) is 1.60. The highest BCUT2D eigenvalue weighted by Gasteiger charge is 2.05. The molecule has 0 aliphatic rings. The van der Waals surface area contributed by atoms with Gasteiger partial charge in [0.1, 0.15) is 11.5 Å². The molecule has 0 atom stereocenters. The Morgan fingerprint density at radius 1 is 1.00 bits per heavy atom. The molecule has 1 N–H and O–H groups in total. The topological polar surface area (TPSA) is 47.6 Å². The average Bonchev–Trinajstić information content (AvgIpc) is 2.58. The number of nitrogens with one attached hydrogen (secondary N) is 1. The SMILES string of the molecule is CCCOc1ccc(CNC(=O)c2ccc(OC)cc2)cc1. The summed E-state index contributed by atoms with van der Waals surface area (Å²) in [5.74, 6) is 1.49. The third-order valence-corrected chi connectivity index (χ3v) is 3.20. The van der Waals surface area contributed by atoms with Crippen LogP contribution >= 0.6 is 0 Å². The molecule has 2 aromatic carbocycles. The lowest BCUT2D eigenvalue weighted by Gasteiger charge is -2.08. The van der Waals surface area contributed by atoms with Crippen LogP contribution in [0.4, 0.5) is 0 Å². The van der Waals surface area contributed by atoms with Gasteiger partial charge in [-0.15, -0.1) is 0 Å². The largest absolute Gasteiger partial charge is 0.497 e. The molecule has 2 rings (SSSR count). The van der Waals surface area contributed by atoms with Crippen molar-refractivity contribution in [2.75, 3.05) is 13.7 Å². The van der Waals surface area contributed by atoms with Gasteiger partial charge in [0.25, 0.3) is 5.91 Å². The van der Waals surface area contributed by atoms with E-state index in [-0.39, 0.29) is 5.91 Å². The fraction of sp³-hybridized carbons (Fsp3) is 0.278. The predicted octanol–water partition coefficient (Wildman–Crippen LogP) is 3.41. The maximum absolute atomic E-state index is 12.0. The van der Waals surface area contributed by atoms with Gasteiger partial charge in [0.2, 0.25) is 0 Å². The van der Waals surface area contributed by atoms with Crippen molar-refractivity contribution in [3.05, 3.63) is 59.7 Å². The molecule has 0 aliphatic carbocycles. The van der Waals surface area contributed by atoms with Crippen LogP contribution in [0.1, 0.15) is 29.3 Å². The maximum atomic E-state index is 12.0.